The number of hydrogen-bond donors (Lipinski definition) is 2. The second-order valence-electron chi connectivity index (χ2n) is 11.8. The molecule has 0 heterocycles. The van der Waals surface area contributed by atoms with Crippen LogP contribution in [-0.2, 0) is 36.1 Å². The molecule has 0 radical (unpaired) electrons. The molecule has 0 aromatic carbocycles. The van der Waals surface area contributed by atoms with Gasteiger partial charge in [-0.1, -0.05) is 13.2 Å². The monoisotopic (exact) mass is 624 g/mol. The Hall–Kier alpha value is -0.952. The number of aliphatic hydroxyl groups excluding tert-OH is 2. The standard InChI is InChI=1S/C25H52O10Si4/c1-21(2)24(28)31-15-13-16-36(5,6)33-38(9,10)35-39(11,17-12-14-30-19-23(27)18-26)34-37(7,8)20-32-25(29)22(3)4/h23,26-27H,1,3,12-20H2,2,4-11H3. The Labute approximate surface area is 239 Å². The molecule has 228 valence electrons. The summed E-state index contributed by atoms with van der Waals surface area (Å²) in [4.78, 5) is 23.6. The number of hydrogen-bond acceptors (Lipinski definition) is 10. The van der Waals surface area contributed by atoms with E-state index in [1.54, 1.807) is 13.8 Å². The molecule has 0 amide bonds. The van der Waals surface area contributed by atoms with Crippen LogP contribution in [0.1, 0.15) is 26.7 Å². The maximum absolute atomic E-state index is 12.0. The molecular weight excluding hydrogens is 573 g/mol. The lowest BCUT2D eigenvalue weighted by Crippen LogP contribution is -2.58. The van der Waals surface area contributed by atoms with Crippen LogP contribution in [0, 0.1) is 0 Å². The Morgan fingerprint density at radius 1 is 0.769 bits per heavy atom. The van der Waals surface area contributed by atoms with Crippen molar-refractivity contribution in [1.29, 1.82) is 0 Å². The smallest absolute Gasteiger partial charge is 0.333 e. The number of esters is 2. The summed E-state index contributed by atoms with van der Waals surface area (Å²) in [6.07, 6.45) is 0.595. The van der Waals surface area contributed by atoms with E-state index in [0.717, 1.165) is 6.04 Å². The van der Waals surface area contributed by atoms with Crippen LogP contribution in [0.4, 0.5) is 0 Å². The highest BCUT2D eigenvalue weighted by Crippen LogP contribution is 2.29. The first-order chi connectivity index (χ1) is 17.7. The van der Waals surface area contributed by atoms with Crippen LogP contribution in [0.25, 0.3) is 0 Å². The number of carbonyl (C=O) groups excluding carboxylic acids is 2. The van der Waals surface area contributed by atoms with Crippen LogP contribution in [0.5, 0.6) is 0 Å². The van der Waals surface area contributed by atoms with Crippen molar-refractivity contribution < 1.29 is 46.4 Å². The summed E-state index contributed by atoms with van der Waals surface area (Å²) in [5, 5.41) is 18.5. The fourth-order valence-electron chi connectivity index (χ4n) is 3.91. The SMILES string of the molecule is C=C(C)C(=O)OCCC[Si](C)(C)O[Si](C)(C)O[Si](C)(CCCOCC(O)CO)O[Si](C)(C)COC(=O)C(=C)C. The molecule has 0 aliphatic rings. The van der Waals surface area contributed by atoms with Crippen molar-refractivity contribution in [3.8, 4) is 0 Å². The summed E-state index contributed by atoms with van der Waals surface area (Å²) >= 11 is 0. The minimum Gasteiger partial charge on any atom is -0.463 e. The first-order valence-electron chi connectivity index (χ1n) is 13.4. The van der Waals surface area contributed by atoms with Gasteiger partial charge in [-0.3, -0.25) is 0 Å². The third kappa shape index (κ3) is 18.2. The van der Waals surface area contributed by atoms with E-state index in [-0.39, 0.29) is 25.4 Å². The highest BCUT2D eigenvalue weighted by atomic mass is 28.5. The van der Waals surface area contributed by atoms with Crippen LogP contribution < -0.4 is 0 Å². The molecule has 10 nitrogen and oxygen atoms in total. The van der Waals surface area contributed by atoms with E-state index in [2.05, 4.69) is 26.3 Å². The Bertz CT molecular complexity index is 819. The third-order valence-corrected chi connectivity index (χ3v) is 20.8. The van der Waals surface area contributed by atoms with Gasteiger partial charge in [0.1, 0.15) is 12.3 Å². The predicted octanol–water partition coefficient (Wildman–Crippen LogP) is 4.15. The average Bonchev–Trinajstić information content (AvgIpc) is 2.77. The molecule has 0 fully saturated rings. The van der Waals surface area contributed by atoms with Gasteiger partial charge in [-0.05, 0) is 84.6 Å². The summed E-state index contributed by atoms with van der Waals surface area (Å²) in [5.74, 6) is -0.832. The van der Waals surface area contributed by atoms with Gasteiger partial charge in [0.2, 0.25) is 8.32 Å². The van der Waals surface area contributed by atoms with Gasteiger partial charge < -0.3 is 36.8 Å². The van der Waals surface area contributed by atoms with Crippen LogP contribution in [0.3, 0.4) is 0 Å². The molecule has 0 bridgehead atoms. The summed E-state index contributed by atoms with van der Waals surface area (Å²) in [6, 6.07) is 1.42. The zero-order valence-electron chi connectivity index (χ0n) is 25.5. The number of aliphatic hydroxyl groups is 2. The zero-order chi connectivity index (χ0) is 30.5. The molecule has 2 atom stereocenters. The Morgan fingerprint density at radius 2 is 1.31 bits per heavy atom. The number of carbonyl (C=O) groups is 2. The minimum atomic E-state index is -2.83. The average molecular weight is 625 g/mol. The Morgan fingerprint density at radius 3 is 1.85 bits per heavy atom. The minimum absolute atomic E-state index is 0.0540. The normalized spacial score (nSPS) is 14.8. The van der Waals surface area contributed by atoms with Gasteiger partial charge in [0.25, 0.3) is 0 Å². The van der Waals surface area contributed by atoms with Crippen molar-refractivity contribution in [3.63, 3.8) is 0 Å². The molecule has 0 aliphatic heterocycles. The van der Waals surface area contributed by atoms with E-state index >= 15 is 0 Å². The molecule has 0 saturated carbocycles. The third-order valence-electron chi connectivity index (χ3n) is 5.32. The first-order valence-corrected chi connectivity index (χ1v) is 24.9. The van der Waals surface area contributed by atoms with Gasteiger partial charge >= 0.3 is 29.1 Å². The summed E-state index contributed by atoms with van der Waals surface area (Å²) in [5.41, 5.74) is 0.714. The Balaban J connectivity index is 5.37. The fourth-order valence-corrected chi connectivity index (χ4v) is 22.9. The number of ether oxygens (including phenoxy) is 3. The lowest BCUT2D eigenvalue weighted by atomic mass is 10.4. The Kier molecular flexibility index (Phi) is 16.7. The van der Waals surface area contributed by atoms with Gasteiger partial charge in [-0.2, -0.15) is 0 Å². The van der Waals surface area contributed by atoms with Crippen LogP contribution in [0.15, 0.2) is 24.3 Å². The van der Waals surface area contributed by atoms with Gasteiger partial charge in [0, 0.05) is 17.8 Å². The van der Waals surface area contributed by atoms with E-state index in [4.69, 9.17) is 31.7 Å². The highest BCUT2D eigenvalue weighted by Gasteiger charge is 2.46. The second kappa shape index (κ2) is 17.1. The van der Waals surface area contributed by atoms with E-state index in [9.17, 15) is 14.7 Å². The molecule has 2 N–H and O–H groups in total. The largest absolute Gasteiger partial charge is 0.463 e. The van der Waals surface area contributed by atoms with E-state index in [1.807, 2.05) is 32.7 Å². The molecule has 0 aliphatic carbocycles. The summed E-state index contributed by atoms with van der Waals surface area (Å²) in [6.45, 7) is 25.1. The lowest BCUT2D eigenvalue weighted by molar-refractivity contribution is -0.139. The highest BCUT2D eigenvalue weighted by molar-refractivity contribution is 6.89. The van der Waals surface area contributed by atoms with Crippen LogP contribution >= 0.6 is 0 Å². The maximum Gasteiger partial charge on any atom is 0.333 e. The zero-order valence-corrected chi connectivity index (χ0v) is 29.5. The molecule has 0 aromatic rings. The lowest BCUT2D eigenvalue weighted by Gasteiger charge is -2.42. The van der Waals surface area contributed by atoms with Crippen LogP contribution in [0.2, 0.25) is 57.9 Å². The first kappa shape index (κ1) is 38.0. The van der Waals surface area contributed by atoms with Gasteiger partial charge in [0.15, 0.2) is 8.32 Å². The molecular formula is C25H52O10Si4. The van der Waals surface area contributed by atoms with Crippen molar-refractivity contribution in [2.24, 2.45) is 0 Å². The molecule has 0 spiro atoms. The maximum atomic E-state index is 12.0. The summed E-state index contributed by atoms with van der Waals surface area (Å²) in [7, 11) is -10.1. The molecule has 0 rings (SSSR count). The topological polar surface area (TPSA) is 130 Å². The van der Waals surface area contributed by atoms with Crippen molar-refractivity contribution in [2.75, 3.05) is 32.7 Å². The van der Waals surface area contributed by atoms with Gasteiger partial charge in [-0.25, -0.2) is 9.59 Å². The second-order valence-corrected chi connectivity index (χ2v) is 27.6. The number of rotatable bonds is 21. The fraction of sp³-hybridized carbons (Fsp3) is 0.760. The molecule has 39 heavy (non-hydrogen) atoms. The van der Waals surface area contributed by atoms with Crippen LogP contribution in [-0.4, -0.2) is 94.7 Å². The predicted molar refractivity (Wildman–Crippen MR) is 162 cm³/mol. The van der Waals surface area contributed by atoms with E-state index < -0.39 is 45.8 Å². The van der Waals surface area contributed by atoms with Gasteiger partial charge in [-0.15, -0.1) is 0 Å². The molecule has 0 aromatic heterocycles. The van der Waals surface area contributed by atoms with Gasteiger partial charge in [0.05, 0.1) is 19.8 Å². The molecule has 0 saturated heterocycles. The molecule has 2 unspecified atom stereocenters. The van der Waals surface area contributed by atoms with Crippen molar-refractivity contribution in [3.05, 3.63) is 24.3 Å². The summed E-state index contributed by atoms with van der Waals surface area (Å²) < 4.78 is 36.3. The van der Waals surface area contributed by atoms with Crippen molar-refractivity contribution in [2.45, 2.75) is 90.7 Å². The van der Waals surface area contributed by atoms with E-state index in [0.29, 0.717) is 43.2 Å². The van der Waals surface area contributed by atoms with Crippen molar-refractivity contribution in [1.82, 2.24) is 0 Å². The van der Waals surface area contributed by atoms with E-state index in [1.165, 1.54) is 0 Å². The van der Waals surface area contributed by atoms with Crippen molar-refractivity contribution >= 4 is 45.7 Å². The quantitative estimate of drug-likeness (QED) is 0.0831. The molecule has 14 heteroatoms.